The first-order valence-electron chi connectivity index (χ1n) is 10.7. The molecule has 0 fully saturated rings. The van der Waals surface area contributed by atoms with Crippen molar-refractivity contribution in [3.05, 3.63) is 132 Å². The Morgan fingerprint density at radius 1 is 0.594 bits per heavy atom. The number of nitrogens with zero attached hydrogens (tertiary/aromatic N) is 1. The Hall–Kier alpha value is -3.68. The smallest absolute Gasteiger partial charge is 0.0715 e. The van der Waals surface area contributed by atoms with E-state index in [-0.39, 0.29) is 0 Å². The van der Waals surface area contributed by atoms with Gasteiger partial charge < -0.3 is 0 Å². The van der Waals surface area contributed by atoms with Crippen LogP contribution in [0.3, 0.4) is 0 Å². The number of hydrogen-bond acceptors (Lipinski definition) is 1. The summed E-state index contributed by atoms with van der Waals surface area (Å²) in [5.41, 5.74) is 8.74. The number of benzene rings is 3. The van der Waals surface area contributed by atoms with Gasteiger partial charge in [0.15, 0.2) is 0 Å². The van der Waals surface area contributed by atoms with Gasteiger partial charge in [-0.15, -0.1) is 0 Å². The van der Waals surface area contributed by atoms with Gasteiger partial charge in [0, 0.05) is 10.6 Å². The number of pyridine rings is 1. The third kappa shape index (κ3) is 4.49. The van der Waals surface area contributed by atoms with E-state index in [1.54, 1.807) is 0 Å². The SMILES string of the molecule is Clc1cccc(-c2cccc(-c3cc(C4=CCC=CC=C4)nc(-c4ccccc4)c3)c2)c1. The average Bonchev–Trinajstić information content (AvgIpc) is 3.14. The summed E-state index contributed by atoms with van der Waals surface area (Å²) < 4.78 is 0. The molecule has 1 aliphatic carbocycles. The minimum atomic E-state index is 0.742. The van der Waals surface area contributed by atoms with Gasteiger partial charge >= 0.3 is 0 Å². The number of rotatable bonds is 4. The lowest BCUT2D eigenvalue weighted by molar-refractivity contribution is 1.27. The molecule has 0 unspecified atom stereocenters. The van der Waals surface area contributed by atoms with Crippen LogP contribution in [0.5, 0.6) is 0 Å². The fourth-order valence-corrected chi connectivity index (χ4v) is 4.11. The predicted molar refractivity (Wildman–Crippen MR) is 136 cm³/mol. The Kier molecular flexibility index (Phi) is 5.83. The maximum Gasteiger partial charge on any atom is 0.0715 e. The van der Waals surface area contributed by atoms with Crippen LogP contribution in [0.4, 0.5) is 0 Å². The fraction of sp³-hybridized carbons (Fsp3) is 0.0333. The van der Waals surface area contributed by atoms with Crippen LogP contribution in [0.25, 0.3) is 39.1 Å². The largest absolute Gasteiger partial charge is 0.248 e. The summed E-state index contributed by atoms with van der Waals surface area (Å²) in [6, 6.07) is 31.3. The molecule has 0 radical (unpaired) electrons. The Morgan fingerprint density at radius 2 is 1.28 bits per heavy atom. The molecule has 3 aromatic carbocycles. The maximum absolute atomic E-state index is 6.23. The van der Waals surface area contributed by atoms with Crippen molar-refractivity contribution in [2.45, 2.75) is 6.42 Å². The summed E-state index contributed by atoms with van der Waals surface area (Å²) >= 11 is 6.23. The van der Waals surface area contributed by atoms with Gasteiger partial charge in [0.2, 0.25) is 0 Å². The lowest BCUT2D eigenvalue weighted by Gasteiger charge is -2.12. The maximum atomic E-state index is 6.23. The van der Waals surface area contributed by atoms with Crippen molar-refractivity contribution in [3.8, 4) is 33.5 Å². The van der Waals surface area contributed by atoms with E-state index in [9.17, 15) is 0 Å². The zero-order chi connectivity index (χ0) is 21.8. The molecule has 1 aromatic heterocycles. The van der Waals surface area contributed by atoms with Crippen molar-refractivity contribution in [2.24, 2.45) is 0 Å². The first-order chi connectivity index (χ1) is 15.8. The Labute approximate surface area is 194 Å². The lowest BCUT2D eigenvalue weighted by atomic mass is 9.96. The minimum absolute atomic E-state index is 0.742. The molecule has 1 nitrogen and oxygen atoms in total. The van der Waals surface area contributed by atoms with Gasteiger partial charge in [-0.1, -0.05) is 103 Å². The average molecular weight is 432 g/mol. The zero-order valence-corrected chi connectivity index (χ0v) is 18.3. The van der Waals surface area contributed by atoms with Crippen molar-refractivity contribution >= 4 is 17.2 Å². The van der Waals surface area contributed by atoms with E-state index < -0.39 is 0 Å². The van der Waals surface area contributed by atoms with E-state index >= 15 is 0 Å². The summed E-state index contributed by atoms with van der Waals surface area (Å²) in [4.78, 5) is 5.02. The second kappa shape index (κ2) is 9.21. The molecule has 0 saturated carbocycles. The lowest BCUT2D eigenvalue weighted by Crippen LogP contribution is -1.94. The van der Waals surface area contributed by atoms with Crippen LogP contribution in [0.2, 0.25) is 5.02 Å². The van der Waals surface area contributed by atoms with Gasteiger partial charge in [0.1, 0.15) is 0 Å². The molecule has 4 aromatic rings. The first-order valence-corrected chi connectivity index (χ1v) is 11.1. The predicted octanol–water partition coefficient (Wildman–Crippen LogP) is 8.64. The van der Waals surface area contributed by atoms with Crippen LogP contribution in [-0.4, -0.2) is 4.98 Å². The molecule has 0 bridgehead atoms. The van der Waals surface area contributed by atoms with Crippen molar-refractivity contribution in [3.63, 3.8) is 0 Å². The second-order valence-electron chi connectivity index (χ2n) is 7.77. The zero-order valence-electron chi connectivity index (χ0n) is 17.6. The first kappa shape index (κ1) is 20.2. The molecule has 32 heavy (non-hydrogen) atoms. The van der Waals surface area contributed by atoms with Crippen molar-refractivity contribution in [2.75, 3.05) is 0 Å². The highest BCUT2D eigenvalue weighted by molar-refractivity contribution is 6.30. The van der Waals surface area contributed by atoms with Crippen LogP contribution in [0, 0.1) is 0 Å². The number of aromatic nitrogens is 1. The summed E-state index contributed by atoms with van der Waals surface area (Å²) in [6.07, 6.45) is 11.6. The molecule has 154 valence electrons. The fourth-order valence-electron chi connectivity index (χ4n) is 3.92. The summed E-state index contributed by atoms with van der Waals surface area (Å²) in [7, 11) is 0. The topological polar surface area (TPSA) is 12.9 Å². The molecule has 0 spiro atoms. The normalized spacial score (nSPS) is 13.0. The highest BCUT2D eigenvalue weighted by atomic mass is 35.5. The van der Waals surface area contributed by atoms with E-state index in [1.165, 1.54) is 0 Å². The van der Waals surface area contributed by atoms with Crippen molar-refractivity contribution < 1.29 is 0 Å². The molecule has 1 heterocycles. The van der Waals surface area contributed by atoms with Gasteiger partial charge in [-0.05, 0) is 64.6 Å². The third-order valence-corrected chi connectivity index (χ3v) is 5.78. The molecule has 0 amide bonds. The molecule has 0 saturated heterocycles. The summed E-state index contributed by atoms with van der Waals surface area (Å²) in [6.45, 7) is 0. The Morgan fingerprint density at radius 3 is 2.09 bits per heavy atom. The summed E-state index contributed by atoms with van der Waals surface area (Å²) in [5, 5.41) is 0.742. The standard InChI is InChI=1S/C30H22ClN/c31-28-17-9-16-26(19-28)24-14-8-15-25(18-24)27-20-29(22-10-4-1-2-5-11-22)32-30(21-27)23-12-6-3-7-13-23/h1-4,6-21H,5H2. The molecule has 5 rings (SSSR count). The van der Waals surface area contributed by atoms with Crippen LogP contribution in [0.15, 0.2) is 121 Å². The number of halogens is 1. The molecule has 1 aliphatic rings. The monoisotopic (exact) mass is 431 g/mol. The highest BCUT2D eigenvalue weighted by Gasteiger charge is 2.10. The van der Waals surface area contributed by atoms with Gasteiger partial charge in [-0.3, -0.25) is 0 Å². The van der Waals surface area contributed by atoms with E-state index in [0.29, 0.717) is 0 Å². The third-order valence-electron chi connectivity index (χ3n) is 5.54. The highest BCUT2D eigenvalue weighted by Crippen LogP contribution is 2.32. The van der Waals surface area contributed by atoms with Gasteiger partial charge in [0.05, 0.1) is 11.4 Å². The van der Waals surface area contributed by atoms with Crippen LogP contribution >= 0.6 is 11.6 Å². The Balaban J connectivity index is 1.64. The van der Waals surface area contributed by atoms with Crippen LogP contribution < -0.4 is 0 Å². The molecular weight excluding hydrogens is 410 g/mol. The van der Waals surface area contributed by atoms with Gasteiger partial charge in [0.25, 0.3) is 0 Å². The number of allylic oxidation sites excluding steroid dienone is 6. The van der Waals surface area contributed by atoms with Crippen LogP contribution in [-0.2, 0) is 0 Å². The van der Waals surface area contributed by atoms with Gasteiger partial charge in [-0.2, -0.15) is 0 Å². The number of hydrogen-bond donors (Lipinski definition) is 0. The quantitative estimate of drug-likeness (QED) is 0.315. The van der Waals surface area contributed by atoms with Gasteiger partial charge in [-0.25, -0.2) is 4.98 Å². The second-order valence-corrected chi connectivity index (χ2v) is 8.20. The van der Waals surface area contributed by atoms with Crippen molar-refractivity contribution in [1.29, 1.82) is 0 Å². The molecule has 0 atom stereocenters. The minimum Gasteiger partial charge on any atom is -0.248 e. The molecule has 0 aliphatic heterocycles. The molecule has 0 N–H and O–H groups in total. The molecule has 2 heteroatoms. The molecular formula is C30H22ClN. The van der Waals surface area contributed by atoms with E-state index in [1.807, 2.05) is 24.3 Å². The van der Waals surface area contributed by atoms with E-state index in [4.69, 9.17) is 16.6 Å². The van der Waals surface area contributed by atoms with E-state index in [0.717, 1.165) is 56.2 Å². The Bertz CT molecular complexity index is 1350. The van der Waals surface area contributed by atoms with Crippen LogP contribution in [0.1, 0.15) is 12.1 Å². The summed E-state index contributed by atoms with van der Waals surface area (Å²) in [5.74, 6) is 0. The van der Waals surface area contributed by atoms with Crippen molar-refractivity contribution in [1.82, 2.24) is 4.98 Å². The van der Waals surface area contributed by atoms with E-state index in [2.05, 4.69) is 97.1 Å².